The number of barbiturate groups is 1. The molecule has 13 heteroatoms. The van der Waals surface area contributed by atoms with Gasteiger partial charge in [0.1, 0.15) is 0 Å². The van der Waals surface area contributed by atoms with Crippen LogP contribution < -0.4 is 26.6 Å². The molecule has 1 spiro atoms. The largest absolute Gasteiger partial charge is 0.451 e. The van der Waals surface area contributed by atoms with Crippen LogP contribution in [0.15, 0.2) is 33.9 Å². The summed E-state index contributed by atoms with van der Waals surface area (Å²) < 4.78 is 5.42. The van der Waals surface area contributed by atoms with Gasteiger partial charge < -0.3 is 4.74 Å². The summed E-state index contributed by atoms with van der Waals surface area (Å²) in [6, 6.07) is 3.78. The van der Waals surface area contributed by atoms with E-state index in [9.17, 15) is 34.1 Å². The van der Waals surface area contributed by atoms with Crippen LogP contribution in [0.3, 0.4) is 0 Å². The van der Waals surface area contributed by atoms with Gasteiger partial charge in [-0.1, -0.05) is 12.1 Å². The molecule has 0 saturated carbocycles. The van der Waals surface area contributed by atoms with Crippen LogP contribution in [0.2, 0.25) is 0 Å². The summed E-state index contributed by atoms with van der Waals surface area (Å²) in [5.41, 5.74) is -5.02. The maximum Gasteiger partial charge on any atom is 0.328 e. The zero-order valence-electron chi connectivity index (χ0n) is 13.6. The molecule has 0 radical (unpaired) electrons. The Kier molecular flexibility index (Phi) is 3.43. The van der Waals surface area contributed by atoms with Crippen molar-refractivity contribution in [2.45, 2.75) is 11.5 Å². The standard InChI is InChI=1S/C15H9N5O8/c21-9-7-8(5-2-1-3-6(4-5)20(26)27)15(28-10(7)17-13(24)16-9)11(22)18-14(25)19-12(15)23/h1-4,8H,(H2,16,17,21,24)(H2,18,19,22,23,25). The fourth-order valence-electron chi connectivity index (χ4n) is 3.34. The van der Waals surface area contributed by atoms with Gasteiger partial charge in [0.15, 0.2) is 0 Å². The van der Waals surface area contributed by atoms with Crippen LogP contribution in [0.25, 0.3) is 0 Å². The highest BCUT2D eigenvalue weighted by molar-refractivity contribution is 6.23. The van der Waals surface area contributed by atoms with Crippen LogP contribution in [0.4, 0.5) is 10.5 Å². The Morgan fingerprint density at radius 1 is 1.04 bits per heavy atom. The number of hydrogen-bond donors (Lipinski definition) is 4. The molecule has 1 saturated heterocycles. The number of aromatic amines is 2. The van der Waals surface area contributed by atoms with E-state index >= 15 is 0 Å². The number of hydrogen-bond acceptors (Lipinski definition) is 8. The summed E-state index contributed by atoms with van der Waals surface area (Å²) >= 11 is 0. The molecule has 2 aliphatic rings. The fraction of sp³-hybridized carbons (Fsp3) is 0.133. The summed E-state index contributed by atoms with van der Waals surface area (Å²) in [5.74, 6) is -4.30. The minimum atomic E-state index is -2.47. The van der Waals surface area contributed by atoms with Crippen molar-refractivity contribution in [2.75, 3.05) is 0 Å². The maximum atomic E-state index is 12.7. The third kappa shape index (κ3) is 2.22. The van der Waals surface area contributed by atoms with Crippen LogP contribution in [-0.2, 0) is 9.59 Å². The normalized spacial score (nSPS) is 19.6. The van der Waals surface area contributed by atoms with Gasteiger partial charge in [-0.3, -0.25) is 45.1 Å². The van der Waals surface area contributed by atoms with Gasteiger partial charge in [0.05, 0.1) is 16.4 Å². The minimum Gasteiger partial charge on any atom is -0.451 e. The summed E-state index contributed by atoms with van der Waals surface area (Å²) in [6.45, 7) is 0. The second kappa shape index (κ2) is 5.60. The number of fused-ring (bicyclic) bond motifs is 1. The fourth-order valence-corrected chi connectivity index (χ4v) is 3.34. The lowest BCUT2D eigenvalue weighted by molar-refractivity contribution is -0.384. The highest BCUT2D eigenvalue weighted by Gasteiger charge is 2.64. The molecule has 1 atom stereocenters. The molecule has 4 N–H and O–H groups in total. The first-order valence-corrected chi connectivity index (χ1v) is 7.71. The monoisotopic (exact) mass is 387 g/mol. The molecule has 142 valence electrons. The molecule has 2 aliphatic heterocycles. The van der Waals surface area contributed by atoms with Crippen molar-refractivity contribution < 1.29 is 24.0 Å². The topological polar surface area (TPSA) is 193 Å². The Labute approximate surface area is 152 Å². The number of amides is 4. The first-order chi connectivity index (χ1) is 13.2. The predicted octanol–water partition coefficient (Wildman–Crippen LogP) is -1.40. The summed E-state index contributed by atoms with van der Waals surface area (Å²) in [4.78, 5) is 75.3. The number of urea groups is 1. The molecule has 13 nitrogen and oxygen atoms in total. The van der Waals surface area contributed by atoms with Gasteiger partial charge in [-0.2, -0.15) is 0 Å². The van der Waals surface area contributed by atoms with E-state index in [2.05, 4.69) is 4.98 Å². The number of nitro benzene ring substituents is 1. The van der Waals surface area contributed by atoms with E-state index in [1.807, 2.05) is 15.6 Å². The highest BCUT2D eigenvalue weighted by Crippen LogP contribution is 2.47. The second-order valence-corrected chi connectivity index (χ2v) is 6.01. The minimum absolute atomic E-state index is 0.0187. The van der Waals surface area contributed by atoms with Crippen LogP contribution >= 0.6 is 0 Å². The van der Waals surface area contributed by atoms with Crippen molar-refractivity contribution in [3.8, 4) is 5.88 Å². The van der Waals surface area contributed by atoms with E-state index in [1.165, 1.54) is 18.2 Å². The lowest BCUT2D eigenvalue weighted by Crippen LogP contribution is -2.70. The molecule has 0 aliphatic carbocycles. The summed E-state index contributed by atoms with van der Waals surface area (Å²) in [6.07, 6.45) is 0. The third-order valence-electron chi connectivity index (χ3n) is 4.44. The Bertz CT molecular complexity index is 1180. The number of aromatic nitrogens is 2. The van der Waals surface area contributed by atoms with Crippen LogP contribution in [0, 0.1) is 10.1 Å². The van der Waals surface area contributed by atoms with E-state index in [0.717, 1.165) is 6.07 Å². The number of H-pyrrole nitrogens is 2. The van der Waals surface area contributed by atoms with E-state index < -0.39 is 51.4 Å². The van der Waals surface area contributed by atoms with E-state index in [-0.39, 0.29) is 16.8 Å². The molecule has 2 aromatic rings. The number of imide groups is 2. The van der Waals surface area contributed by atoms with E-state index in [4.69, 9.17) is 4.74 Å². The zero-order valence-corrected chi connectivity index (χ0v) is 13.6. The maximum absolute atomic E-state index is 12.7. The Morgan fingerprint density at radius 3 is 2.36 bits per heavy atom. The second-order valence-electron chi connectivity index (χ2n) is 6.01. The van der Waals surface area contributed by atoms with Gasteiger partial charge >= 0.3 is 11.7 Å². The van der Waals surface area contributed by atoms with Gasteiger partial charge in [0.2, 0.25) is 5.88 Å². The van der Waals surface area contributed by atoms with Crippen molar-refractivity contribution in [1.29, 1.82) is 0 Å². The lowest BCUT2D eigenvalue weighted by atomic mass is 9.77. The number of nitrogens with zero attached hydrogens (tertiary/aromatic N) is 1. The molecular weight excluding hydrogens is 378 g/mol. The van der Waals surface area contributed by atoms with Crippen molar-refractivity contribution in [3.05, 3.63) is 66.3 Å². The number of rotatable bonds is 2. The lowest BCUT2D eigenvalue weighted by Gasteiger charge is -2.33. The molecule has 0 bridgehead atoms. The van der Waals surface area contributed by atoms with Crippen molar-refractivity contribution in [1.82, 2.24) is 20.6 Å². The molecule has 4 amide bonds. The quantitative estimate of drug-likeness (QED) is 0.274. The smallest absolute Gasteiger partial charge is 0.328 e. The Hall–Kier alpha value is -4.29. The number of non-ortho nitro benzene ring substituents is 1. The van der Waals surface area contributed by atoms with E-state index in [1.54, 1.807) is 0 Å². The van der Waals surface area contributed by atoms with Gasteiger partial charge in [0, 0.05) is 12.1 Å². The van der Waals surface area contributed by atoms with Crippen molar-refractivity contribution in [2.24, 2.45) is 0 Å². The third-order valence-corrected chi connectivity index (χ3v) is 4.44. The Morgan fingerprint density at radius 2 is 1.71 bits per heavy atom. The van der Waals surface area contributed by atoms with Crippen molar-refractivity contribution in [3.63, 3.8) is 0 Å². The molecule has 1 fully saturated rings. The Balaban J connectivity index is 2.03. The summed E-state index contributed by atoms with van der Waals surface area (Å²) in [5, 5.41) is 14.9. The first-order valence-electron chi connectivity index (χ1n) is 7.71. The number of carbonyl (C=O) groups excluding carboxylic acids is 3. The number of ether oxygens (including phenoxy) is 1. The van der Waals surface area contributed by atoms with Gasteiger partial charge in [0.25, 0.3) is 28.7 Å². The van der Waals surface area contributed by atoms with Crippen molar-refractivity contribution >= 4 is 23.5 Å². The number of carbonyl (C=O) groups is 3. The molecule has 3 heterocycles. The van der Waals surface area contributed by atoms with Gasteiger partial charge in [-0.25, -0.2) is 9.59 Å². The zero-order chi connectivity index (χ0) is 20.2. The van der Waals surface area contributed by atoms with E-state index in [0.29, 0.717) is 0 Å². The molecule has 4 rings (SSSR count). The molecule has 1 aromatic carbocycles. The molecular formula is C15H9N5O8. The predicted molar refractivity (Wildman–Crippen MR) is 87.7 cm³/mol. The summed E-state index contributed by atoms with van der Waals surface area (Å²) in [7, 11) is 0. The average molecular weight is 387 g/mol. The average Bonchev–Trinajstić information content (AvgIpc) is 2.96. The SMILES string of the molecule is O=C1NC(=O)C2(Oc3[nH]c(=O)[nH]c(=O)c3C2c2cccc([N+](=O)[O-])c2)C(=O)N1. The van der Waals surface area contributed by atoms with Gasteiger partial charge in [-0.05, 0) is 5.56 Å². The van der Waals surface area contributed by atoms with Crippen LogP contribution in [-0.4, -0.2) is 38.3 Å². The molecule has 28 heavy (non-hydrogen) atoms. The highest BCUT2D eigenvalue weighted by atomic mass is 16.6. The van der Waals surface area contributed by atoms with Gasteiger partial charge in [-0.15, -0.1) is 0 Å². The van der Waals surface area contributed by atoms with Crippen LogP contribution in [0.1, 0.15) is 17.0 Å². The van der Waals surface area contributed by atoms with Crippen LogP contribution in [0.5, 0.6) is 5.88 Å². The molecule has 1 unspecified atom stereocenters. The number of nitrogens with one attached hydrogen (secondary N) is 4. The number of nitro groups is 1. The number of benzene rings is 1. The molecule has 1 aromatic heterocycles. The first kappa shape index (κ1) is 17.1.